The Hall–Kier alpha value is -1.94. The summed E-state index contributed by atoms with van der Waals surface area (Å²) in [6, 6.07) is 9.14. The maximum atomic E-state index is 12.2. The Labute approximate surface area is 163 Å². The minimum absolute atomic E-state index is 0.104. The molecular weight excluding hydrogens is 336 g/mol. The standard InChI is InChI=1S/C23H32N2O2/c1-14-16(3)25(18(5)27)22-9-7-6-8-21(22)23(14)24-20-12-10-19(11-13-20)15(2)17(4)26/h6-9,14,16,20,23-24H,10-13H2,1-5H3. The third-order valence-electron chi connectivity index (χ3n) is 6.63. The number of amides is 1. The summed E-state index contributed by atoms with van der Waals surface area (Å²) in [6.07, 6.45) is 4.13. The van der Waals surface area contributed by atoms with E-state index in [1.165, 1.54) is 11.1 Å². The zero-order valence-electron chi connectivity index (χ0n) is 17.2. The molecule has 4 heteroatoms. The Kier molecular flexibility index (Phi) is 5.85. The summed E-state index contributed by atoms with van der Waals surface area (Å²) in [5.41, 5.74) is 4.54. The number of allylic oxidation sites excluding steroid dienone is 2. The third kappa shape index (κ3) is 3.86. The van der Waals surface area contributed by atoms with Gasteiger partial charge in [-0.05, 0) is 69.6 Å². The van der Waals surface area contributed by atoms with E-state index in [0.717, 1.165) is 36.9 Å². The molecule has 0 spiro atoms. The number of rotatable bonds is 3. The summed E-state index contributed by atoms with van der Waals surface area (Å²) in [6.45, 7) is 9.66. The van der Waals surface area contributed by atoms with Crippen molar-refractivity contribution in [2.24, 2.45) is 5.92 Å². The van der Waals surface area contributed by atoms with Crippen LogP contribution in [0.25, 0.3) is 0 Å². The summed E-state index contributed by atoms with van der Waals surface area (Å²) < 4.78 is 0. The lowest BCUT2D eigenvalue weighted by Crippen LogP contribution is -2.51. The van der Waals surface area contributed by atoms with Crippen molar-refractivity contribution in [3.63, 3.8) is 0 Å². The first-order valence-electron chi connectivity index (χ1n) is 10.2. The van der Waals surface area contributed by atoms with E-state index in [1.54, 1.807) is 13.8 Å². The number of carbonyl (C=O) groups is 2. The van der Waals surface area contributed by atoms with Crippen LogP contribution in [0.2, 0.25) is 0 Å². The maximum Gasteiger partial charge on any atom is 0.224 e. The van der Waals surface area contributed by atoms with Crippen molar-refractivity contribution in [2.45, 2.75) is 78.4 Å². The van der Waals surface area contributed by atoms with E-state index >= 15 is 0 Å². The summed E-state index contributed by atoms with van der Waals surface area (Å²) >= 11 is 0. The van der Waals surface area contributed by atoms with Gasteiger partial charge < -0.3 is 10.2 Å². The Morgan fingerprint density at radius 1 is 1.04 bits per heavy atom. The second-order valence-electron chi connectivity index (χ2n) is 8.25. The summed E-state index contributed by atoms with van der Waals surface area (Å²) in [5.74, 6) is 0.636. The molecule has 1 aliphatic carbocycles. The highest BCUT2D eigenvalue weighted by atomic mass is 16.2. The molecule has 1 heterocycles. The van der Waals surface area contributed by atoms with Gasteiger partial charge >= 0.3 is 0 Å². The zero-order chi connectivity index (χ0) is 19.7. The molecule has 27 heavy (non-hydrogen) atoms. The summed E-state index contributed by atoms with van der Waals surface area (Å²) in [5, 5.41) is 3.90. The number of Topliss-reactive ketones (excluding diaryl/α,β-unsaturated/α-hetero) is 1. The Morgan fingerprint density at radius 3 is 2.26 bits per heavy atom. The molecule has 1 fully saturated rings. The maximum absolute atomic E-state index is 12.2. The minimum Gasteiger partial charge on any atom is -0.309 e. The molecule has 3 atom stereocenters. The second kappa shape index (κ2) is 7.97. The van der Waals surface area contributed by atoms with Crippen LogP contribution in [0.15, 0.2) is 35.4 Å². The molecule has 146 valence electrons. The van der Waals surface area contributed by atoms with Crippen molar-refractivity contribution >= 4 is 17.4 Å². The number of anilines is 1. The van der Waals surface area contributed by atoms with Crippen LogP contribution < -0.4 is 10.2 Å². The van der Waals surface area contributed by atoms with E-state index in [2.05, 4.69) is 37.4 Å². The normalized spacial score (nSPS) is 27.9. The number of nitrogens with one attached hydrogen (secondary N) is 1. The molecule has 3 rings (SSSR count). The third-order valence-corrected chi connectivity index (χ3v) is 6.63. The van der Waals surface area contributed by atoms with E-state index in [9.17, 15) is 9.59 Å². The lowest BCUT2D eigenvalue weighted by Gasteiger charge is -2.45. The molecule has 1 aliphatic heterocycles. The van der Waals surface area contributed by atoms with Crippen molar-refractivity contribution in [2.75, 3.05) is 4.90 Å². The van der Waals surface area contributed by atoms with Crippen LogP contribution in [0.5, 0.6) is 0 Å². The molecule has 1 N–H and O–H groups in total. The molecular formula is C23H32N2O2. The van der Waals surface area contributed by atoms with Crippen LogP contribution in [0, 0.1) is 5.92 Å². The number of benzene rings is 1. The van der Waals surface area contributed by atoms with Crippen molar-refractivity contribution < 1.29 is 9.59 Å². The van der Waals surface area contributed by atoms with Gasteiger partial charge in [-0.25, -0.2) is 0 Å². The number of nitrogens with zero attached hydrogens (tertiary/aromatic N) is 1. The molecule has 0 saturated heterocycles. The molecule has 3 unspecified atom stereocenters. The zero-order valence-corrected chi connectivity index (χ0v) is 17.2. The van der Waals surface area contributed by atoms with Crippen LogP contribution in [-0.4, -0.2) is 23.8 Å². The van der Waals surface area contributed by atoms with Crippen LogP contribution in [0.4, 0.5) is 5.69 Å². The molecule has 1 aromatic carbocycles. The minimum atomic E-state index is 0.104. The first-order valence-corrected chi connectivity index (χ1v) is 10.2. The monoisotopic (exact) mass is 368 g/mol. The second-order valence-corrected chi connectivity index (χ2v) is 8.25. The quantitative estimate of drug-likeness (QED) is 0.796. The first kappa shape index (κ1) is 19.8. The summed E-state index contributed by atoms with van der Waals surface area (Å²) in [7, 11) is 0. The fraction of sp³-hybridized carbons (Fsp3) is 0.565. The molecule has 1 saturated carbocycles. The van der Waals surface area contributed by atoms with Gasteiger partial charge in [0.25, 0.3) is 0 Å². The van der Waals surface area contributed by atoms with Gasteiger partial charge in [-0.3, -0.25) is 9.59 Å². The van der Waals surface area contributed by atoms with Crippen LogP contribution in [0.1, 0.15) is 71.9 Å². The molecule has 1 amide bonds. The number of para-hydroxylation sites is 1. The average molecular weight is 369 g/mol. The van der Waals surface area contributed by atoms with Gasteiger partial charge in [0.15, 0.2) is 5.78 Å². The van der Waals surface area contributed by atoms with E-state index in [4.69, 9.17) is 0 Å². The fourth-order valence-electron chi connectivity index (χ4n) is 4.69. The summed E-state index contributed by atoms with van der Waals surface area (Å²) in [4.78, 5) is 25.8. The number of fused-ring (bicyclic) bond motifs is 1. The topological polar surface area (TPSA) is 49.4 Å². The molecule has 4 nitrogen and oxygen atoms in total. The smallest absolute Gasteiger partial charge is 0.224 e. The molecule has 2 aliphatic rings. The highest BCUT2D eigenvalue weighted by molar-refractivity contribution is 5.94. The largest absolute Gasteiger partial charge is 0.309 e. The van der Waals surface area contributed by atoms with E-state index in [-0.39, 0.29) is 23.8 Å². The van der Waals surface area contributed by atoms with Crippen LogP contribution in [-0.2, 0) is 9.59 Å². The highest BCUT2D eigenvalue weighted by Crippen LogP contribution is 2.41. The van der Waals surface area contributed by atoms with Gasteiger partial charge in [-0.2, -0.15) is 0 Å². The van der Waals surface area contributed by atoms with E-state index < -0.39 is 0 Å². The van der Waals surface area contributed by atoms with Gasteiger partial charge in [0.2, 0.25) is 5.91 Å². The van der Waals surface area contributed by atoms with Crippen LogP contribution >= 0.6 is 0 Å². The molecule has 0 aromatic heterocycles. The molecule has 1 aromatic rings. The number of hydrogen-bond donors (Lipinski definition) is 1. The molecule has 0 radical (unpaired) electrons. The SMILES string of the molecule is CC(=O)C(C)=C1CCC(NC2c3ccccc3N(C(C)=O)C(C)C2C)CC1. The van der Waals surface area contributed by atoms with Gasteiger partial charge in [0.1, 0.15) is 0 Å². The molecule has 0 bridgehead atoms. The van der Waals surface area contributed by atoms with Gasteiger partial charge in [0, 0.05) is 30.7 Å². The average Bonchev–Trinajstić information content (AvgIpc) is 2.65. The van der Waals surface area contributed by atoms with E-state index in [1.807, 2.05) is 17.9 Å². The first-order chi connectivity index (χ1) is 12.8. The fourth-order valence-corrected chi connectivity index (χ4v) is 4.69. The Morgan fingerprint density at radius 2 is 1.67 bits per heavy atom. The van der Waals surface area contributed by atoms with Crippen LogP contribution in [0.3, 0.4) is 0 Å². The van der Waals surface area contributed by atoms with Gasteiger partial charge in [-0.1, -0.05) is 30.7 Å². The van der Waals surface area contributed by atoms with Gasteiger partial charge in [0.05, 0.1) is 0 Å². The lowest BCUT2D eigenvalue weighted by molar-refractivity contribution is -0.117. The Balaban J connectivity index is 1.79. The highest BCUT2D eigenvalue weighted by Gasteiger charge is 2.38. The number of carbonyl (C=O) groups excluding carboxylic acids is 2. The Bertz CT molecular complexity index is 757. The van der Waals surface area contributed by atoms with Crippen molar-refractivity contribution in [3.8, 4) is 0 Å². The predicted octanol–water partition coefficient (Wildman–Crippen LogP) is 4.56. The van der Waals surface area contributed by atoms with E-state index in [0.29, 0.717) is 12.0 Å². The number of ketones is 1. The lowest BCUT2D eigenvalue weighted by atomic mass is 9.81. The van der Waals surface area contributed by atoms with Crippen molar-refractivity contribution in [1.82, 2.24) is 5.32 Å². The predicted molar refractivity (Wildman–Crippen MR) is 110 cm³/mol. The van der Waals surface area contributed by atoms with Crippen molar-refractivity contribution in [1.29, 1.82) is 0 Å². The van der Waals surface area contributed by atoms with Crippen molar-refractivity contribution in [3.05, 3.63) is 41.0 Å². The van der Waals surface area contributed by atoms with Gasteiger partial charge in [-0.15, -0.1) is 0 Å². The number of hydrogen-bond acceptors (Lipinski definition) is 3.